The Morgan fingerprint density at radius 1 is 1.38 bits per heavy atom. The zero-order valence-corrected chi connectivity index (χ0v) is 13.6. The van der Waals surface area contributed by atoms with Crippen LogP contribution in [0.4, 0.5) is 0 Å². The molecular weight excluding hydrogens is 284 g/mol. The number of nitrogens with zero attached hydrogens (tertiary/aromatic N) is 3. The Morgan fingerprint density at radius 3 is 2.62 bits per heavy atom. The highest BCUT2D eigenvalue weighted by atomic mass is 32.1. The van der Waals surface area contributed by atoms with Crippen molar-refractivity contribution in [3.05, 3.63) is 32.4 Å². The Hall–Kier alpha value is -1.69. The first-order valence-electron chi connectivity index (χ1n) is 7.31. The predicted molar refractivity (Wildman–Crippen MR) is 85.2 cm³/mol. The van der Waals surface area contributed by atoms with Gasteiger partial charge >= 0.3 is 0 Å². The molecule has 5 nitrogen and oxygen atoms in total. The van der Waals surface area contributed by atoms with E-state index >= 15 is 0 Å². The van der Waals surface area contributed by atoms with Crippen LogP contribution in [-0.2, 0) is 0 Å². The fraction of sp³-hybridized carbons (Fsp3) is 0.533. The zero-order chi connectivity index (χ0) is 15.3. The molecule has 0 aromatic carbocycles. The van der Waals surface area contributed by atoms with Crippen molar-refractivity contribution in [2.24, 2.45) is 0 Å². The average Bonchev–Trinajstić information content (AvgIpc) is 3.12. The van der Waals surface area contributed by atoms with Gasteiger partial charge in [-0.05, 0) is 64.4 Å². The van der Waals surface area contributed by atoms with Crippen LogP contribution >= 0.6 is 12.2 Å². The van der Waals surface area contributed by atoms with Crippen molar-refractivity contribution in [3.63, 3.8) is 0 Å². The summed E-state index contributed by atoms with van der Waals surface area (Å²) in [5.41, 5.74) is 2.68. The molecule has 1 saturated carbocycles. The molecule has 1 fully saturated rings. The minimum Gasteiger partial charge on any atom is -0.309 e. The van der Waals surface area contributed by atoms with Gasteiger partial charge in [0.2, 0.25) is 0 Å². The van der Waals surface area contributed by atoms with E-state index in [9.17, 15) is 4.79 Å². The quantitative estimate of drug-likeness (QED) is 0.885. The highest BCUT2D eigenvalue weighted by Gasteiger charge is 2.28. The van der Waals surface area contributed by atoms with Gasteiger partial charge < -0.3 is 4.57 Å². The highest BCUT2D eigenvalue weighted by Crippen LogP contribution is 2.35. The summed E-state index contributed by atoms with van der Waals surface area (Å²) in [6.07, 6.45) is 2.17. The van der Waals surface area contributed by atoms with E-state index in [0.29, 0.717) is 22.2 Å². The normalized spacial score (nSPS) is 14.9. The number of hydrogen-bond donors (Lipinski definition) is 1. The van der Waals surface area contributed by atoms with Gasteiger partial charge in [-0.1, -0.05) is 0 Å². The van der Waals surface area contributed by atoms with E-state index in [-0.39, 0.29) is 11.6 Å². The van der Waals surface area contributed by atoms with E-state index in [2.05, 4.69) is 16.3 Å². The number of H-pyrrole nitrogens is 1. The van der Waals surface area contributed by atoms with Crippen molar-refractivity contribution >= 4 is 12.2 Å². The molecule has 1 aliphatic carbocycles. The van der Waals surface area contributed by atoms with Gasteiger partial charge in [-0.3, -0.25) is 14.5 Å². The fourth-order valence-corrected chi connectivity index (χ4v) is 3.27. The Kier molecular flexibility index (Phi) is 3.36. The molecule has 2 aromatic heterocycles. The highest BCUT2D eigenvalue weighted by molar-refractivity contribution is 7.71. The first-order valence-corrected chi connectivity index (χ1v) is 7.72. The van der Waals surface area contributed by atoms with Crippen LogP contribution in [0.3, 0.4) is 0 Å². The number of aromatic amines is 1. The number of aryl methyl sites for hydroxylation is 2. The van der Waals surface area contributed by atoms with Crippen molar-refractivity contribution in [1.82, 2.24) is 19.3 Å². The molecule has 0 atom stereocenters. The van der Waals surface area contributed by atoms with Gasteiger partial charge in [0, 0.05) is 17.8 Å². The summed E-state index contributed by atoms with van der Waals surface area (Å²) in [6, 6.07) is 2.57. The lowest BCUT2D eigenvalue weighted by Gasteiger charge is -2.15. The van der Waals surface area contributed by atoms with E-state index < -0.39 is 0 Å². The SMILES string of the molecule is Cc1cc(C)n(C2CC2)c(=O)c1-c1n[nH]c(=S)n1C(C)C. The van der Waals surface area contributed by atoms with Crippen LogP contribution in [0, 0.1) is 18.6 Å². The minimum absolute atomic E-state index is 0.0471. The lowest BCUT2D eigenvalue weighted by molar-refractivity contribution is 0.594. The second-order valence-corrected chi connectivity index (χ2v) is 6.45. The van der Waals surface area contributed by atoms with Crippen LogP contribution in [0.25, 0.3) is 11.4 Å². The lowest BCUT2D eigenvalue weighted by Crippen LogP contribution is -2.25. The van der Waals surface area contributed by atoms with Gasteiger partial charge in [0.25, 0.3) is 5.56 Å². The maximum atomic E-state index is 12.9. The molecule has 112 valence electrons. The lowest BCUT2D eigenvalue weighted by atomic mass is 10.1. The van der Waals surface area contributed by atoms with Crippen molar-refractivity contribution in [3.8, 4) is 11.4 Å². The molecule has 6 heteroatoms. The van der Waals surface area contributed by atoms with E-state index in [4.69, 9.17) is 12.2 Å². The van der Waals surface area contributed by atoms with E-state index in [1.54, 1.807) is 0 Å². The van der Waals surface area contributed by atoms with Crippen LogP contribution < -0.4 is 5.56 Å². The second kappa shape index (κ2) is 4.94. The molecule has 1 N–H and O–H groups in total. The summed E-state index contributed by atoms with van der Waals surface area (Å²) < 4.78 is 4.37. The summed E-state index contributed by atoms with van der Waals surface area (Å²) in [5, 5.41) is 7.13. The van der Waals surface area contributed by atoms with Gasteiger partial charge in [0.15, 0.2) is 10.6 Å². The number of aromatic nitrogens is 4. The van der Waals surface area contributed by atoms with Gasteiger partial charge in [0.1, 0.15) is 0 Å². The summed E-state index contributed by atoms with van der Waals surface area (Å²) in [7, 11) is 0. The largest absolute Gasteiger partial charge is 0.309 e. The summed E-state index contributed by atoms with van der Waals surface area (Å²) in [4.78, 5) is 12.9. The predicted octanol–water partition coefficient (Wildman–Crippen LogP) is 3.30. The monoisotopic (exact) mass is 304 g/mol. The maximum Gasteiger partial charge on any atom is 0.262 e. The smallest absolute Gasteiger partial charge is 0.262 e. The molecular formula is C15H20N4OS. The molecule has 2 heterocycles. The summed E-state index contributed by atoms with van der Waals surface area (Å²) in [5.74, 6) is 0.645. The first kappa shape index (κ1) is 14.3. The van der Waals surface area contributed by atoms with Crippen LogP contribution in [0.2, 0.25) is 0 Å². The minimum atomic E-state index is 0.0471. The third kappa shape index (κ3) is 2.27. The average molecular weight is 304 g/mol. The van der Waals surface area contributed by atoms with Gasteiger partial charge in [-0.15, -0.1) is 0 Å². The van der Waals surface area contributed by atoms with Crippen molar-refractivity contribution < 1.29 is 0 Å². The van der Waals surface area contributed by atoms with E-state index in [1.807, 2.05) is 36.8 Å². The van der Waals surface area contributed by atoms with Crippen LogP contribution in [-0.4, -0.2) is 19.3 Å². The van der Waals surface area contributed by atoms with Gasteiger partial charge in [-0.25, -0.2) is 0 Å². The fourth-order valence-electron chi connectivity index (χ4n) is 2.92. The Morgan fingerprint density at radius 2 is 2.05 bits per heavy atom. The number of pyridine rings is 1. The van der Waals surface area contributed by atoms with Gasteiger partial charge in [-0.2, -0.15) is 5.10 Å². The third-order valence-corrected chi connectivity index (χ3v) is 4.28. The topological polar surface area (TPSA) is 55.6 Å². The molecule has 0 bridgehead atoms. The molecule has 3 rings (SSSR count). The molecule has 0 spiro atoms. The summed E-state index contributed by atoms with van der Waals surface area (Å²) >= 11 is 5.29. The maximum absolute atomic E-state index is 12.9. The molecule has 1 aliphatic rings. The molecule has 2 aromatic rings. The standard InChI is InChI=1S/C15H20N4OS/c1-8(2)18-13(16-17-15(18)21)12-9(3)7-10(4)19(14(12)20)11-5-6-11/h7-8,11H,5-6H2,1-4H3,(H,17,21). The van der Waals surface area contributed by atoms with E-state index in [1.165, 1.54) is 0 Å². The number of nitrogens with one attached hydrogen (secondary N) is 1. The molecule has 0 amide bonds. The number of hydrogen-bond acceptors (Lipinski definition) is 3. The van der Waals surface area contributed by atoms with Crippen molar-refractivity contribution in [2.45, 2.75) is 52.6 Å². The van der Waals surface area contributed by atoms with Gasteiger partial charge in [0.05, 0.1) is 5.56 Å². The second-order valence-electron chi connectivity index (χ2n) is 6.07. The Labute approximate surface area is 128 Å². The first-order chi connectivity index (χ1) is 9.91. The molecule has 0 radical (unpaired) electrons. The molecule has 0 unspecified atom stereocenters. The van der Waals surface area contributed by atoms with Crippen LogP contribution in [0.15, 0.2) is 10.9 Å². The summed E-state index contributed by atoms with van der Waals surface area (Å²) in [6.45, 7) is 8.04. The van der Waals surface area contributed by atoms with Crippen LogP contribution in [0.5, 0.6) is 0 Å². The molecule has 0 aliphatic heterocycles. The zero-order valence-electron chi connectivity index (χ0n) is 12.8. The Balaban J connectivity index is 2.31. The Bertz CT molecular complexity index is 808. The number of rotatable bonds is 3. The molecule has 21 heavy (non-hydrogen) atoms. The van der Waals surface area contributed by atoms with E-state index in [0.717, 1.165) is 24.1 Å². The van der Waals surface area contributed by atoms with Crippen molar-refractivity contribution in [1.29, 1.82) is 0 Å². The van der Waals surface area contributed by atoms with Crippen LogP contribution in [0.1, 0.15) is 50.0 Å². The third-order valence-electron chi connectivity index (χ3n) is 3.99. The van der Waals surface area contributed by atoms with Crippen molar-refractivity contribution in [2.75, 3.05) is 0 Å². The molecule has 0 saturated heterocycles.